The molecule has 0 atom stereocenters. The van der Waals surface area contributed by atoms with E-state index in [9.17, 15) is 22.8 Å². The number of nitrogen functional groups attached to an aromatic ring is 1. The van der Waals surface area contributed by atoms with Gasteiger partial charge in [0.15, 0.2) is 11.6 Å². The van der Waals surface area contributed by atoms with E-state index < -0.39 is 23.7 Å². The zero-order valence-electron chi connectivity index (χ0n) is 20.3. The monoisotopic (exact) mass is 543 g/mol. The van der Waals surface area contributed by atoms with Crippen LogP contribution in [0.2, 0.25) is 0 Å². The number of nitrogens with two attached hydrogens (primary N) is 1. The third-order valence-electron chi connectivity index (χ3n) is 5.53. The van der Waals surface area contributed by atoms with Crippen molar-refractivity contribution in [3.05, 3.63) is 77.4 Å². The number of nitrogens with one attached hydrogen (secondary N) is 3. The van der Waals surface area contributed by atoms with Crippen molar-refractivity contribution in [2.75, 3.05) is 29.6 Å². The van der Waals surface area contributed by atoms with E-state index in [0.717, 1.165) is 24.3 Å². The number of halogens is 3. The number of nitrogens with zero attached hydrogens (tertiary/aromatic N) is 1. The van der Waals surface area contributed by atoms with Crippen molar-refractivity contribution >= 4 is 40.1 Å². The lowest BCUT2D eigenvalue weighted by atomic mass is 10.1. The SMILES string of the molecule is Nc1noc2c(OCCCO)ccc(C(=O)Nc3cccc(CNC(=O)Nc4ccc(C(F)(F)F)cc4)c3)c12. The average molecular weight is 544 g/mol. The molecule has 0 saturated carbocycles. The van der Waals surface area contributed by atoms with Gasteiger partial charge in [0.25, 0.3) is 5.91 Å². The van der Waals surface area contributed by atoms with Crippen molar-refractivity contribution in [3.8, 4) is 5.75 Å². The molecule has 4 aromatic rings. The molecule has 0 saturated heterocycles. The van der Waals surface area contributed by atoms with Crippen LogP contribution in [0.5, 0.6) is 5.75 Å². The Kier molecular flexibility index (Phi) is 8.20. The van der Waals surface area contributed by atoms with Gasteiger partial charge >= 0.3 is 12.2 Å². The summed E-state index contributed by atoms with van der Waals surface area (Å²) < 4.78 is 48.9. The van der Waals surface area contributed by atoms with E-state index in [-0.39, 0.29) is 47.8 Å². The Morgan fingerprint density at radius 3 is 2.51 bits per heavy atom. The molecule has 0 aliphatic heterocycles. The van der Waals surface area contributed by atoms with Gasteiger partial charge < -0.3 is 36.1 Å². The molecule has 0 fully saturated rings. The van der Waals surface area contributed by atoms with Crippen LogP contribution in [0.4, 0.5) is 35.2 Å². The highest BCUT2D eigenvalue weighted by atomic mass is 19.4. The first kappa shape index (κ1) is 27.3. The third kappa shape index (κ3) is 6.76. The second-order valence-electron chi connectivity index (χ2n) is 8.35. The molecule has 1 aromatic heterocycles. The summed E-state index contributed by atoms with van der Waals surface area (Å²) in [6, 6.07) is 13.2. The number of aromatic nitrogens is 1. The van der Waals surface area contributed by atoms with Crippen LogP contribution >= 0.6 is 0 Å². The van der Waals surface area contributed by atoms with Crippen molar-refractivity contribution in [3.63, 3.8) is 0 Å². The van der Waals surface area contributed by atoms with Crippen LogP contribution in [0.25, 0.3) is 11.0 Å². The molecule has 0 radical (unpaired) electrons. The number of amides is 3. The number of alkyl halides is 3. The van der Waals surface area contributed by atoms with E-state index in [1.54, 1.807) is 30.3 Å². The van der Waals surface area contributed by atoms with Crippen molar-refractivity contribution in [1.82, 2.24) is 10.5 Å². The molecule has 3 amide bonds. The molecule has 0 aliphatic carbocycles. The molecule has 10 nitrogen and oxygen atoms in total. The topological polar surface area (TPSA) is 152 Å². The van der Waals surface area contributed by atoms with Gasteiger partial charge in [0.1, 0.15) is 0 Å². The smallest absolute Gasteiger partial charge is 0.416 e. The minimum absolute atomic E-state index is 0.0137. The number of ether oxygens (including phenoxy) is 1. The fraction of sp³-hybridized carbons (Fsp3) is 0.192. The lowest BCUT2D eigenvalue weighted by Crippen LogP contribution is -2.28. The summed E-state index contributed by atoms with van der Waals surface area (Å²) in [5, 5.41) is 20.8. The first-order valence-corrected chi connectivity index (χ1v) is 11.7. The van der Waals surface area contributed by atoms with E-state index in [4.69, 9.17) is 20.1 Å². The average Bonchev–Trinajstić information content (AvgIpc) is 3.29. The van der Waals surface area contributed by atoms with Crippen molar-refractivity contribution in [1.29, 1.82) is 0 Å². The Balaban J connectivity index is 1.38. The highest BCUT2D eigenvalue weighted by Crippen LogP contribution is 2.33. The van der Waals surface area contributed by atoms with Crippen molar-refractivity contribution in [2.24, 2.45) is 0 Å². The number of hydrogen-bond acceptors (Lipinski definition) is 7. The standard InChI is InChI=1S/C26H24F3N5O5/c27-26(28,29)16-5-7-17(8-6-16)33-25(37)31-14-15-3-1-4-18(13-15)32-24(36)19-9-10-20(38-12-2-11-35)22-21(19)23(30)34-39-22/h1,3-10,13,35H,2,11-12,14H2,(H2,30,34)(H,32,36)(H2,31,33,37). The summed E-state index contributed by atoms with van der Waals surface area (Å²) in [4.78, 5) is 25.2. The summed E-state index contributed by atoms with van der Waals surface area (Å²) in [6.07, 6.45) is -4.05. The number of benzene rings is 3. The third-order valence-corrected chi connectivity index (χ3v) is 5.53. The van der Waals surface area contributed by atoms with Gasteiger partial charge in [0.05, 0.1) is 23.1 Å². The molecule has 4 rings (SSSR count). The van der Waals surface area contributed by atoms with E-state index >= 15 is 0 Å². The lowest BCUT2D eigenvalue weighted by Gasteiger charge is -2.11. The second-order valence-corrected chi connectivity index (χ2v) is 8.35. The maximum absolute atomic E-state index is 13.1. The normalized spacial score (nSPS) is 11.3. The van der Waals surface area contributed by atoms with Gasteiger partial charge in [-0.3, -0.25) is 4.79 Å². The molecule has 39 heavy (non-hydrogen) atoms. The second kappa shape index (κ2) is 11.7. The number of rotatable bonds is 9. The molecule has 1 heterocycles. The number of hydrogen-bond donors (Lipinski definition) is 5. The summed E-state index contributed by atoms with van der Waals surface area (Å²) in [5.74, 6) is -0.136. The molecule has 0 spiro atoms. The Bertz CT molecular complexity index is 1470. The quantitative estimate of drug-likeness (QED) is 0.191. The first-order valence-electron chi connectivity index (χ1n) is 11.7. The fourth-order valence-corrected chi connectivity index (χ4v) is 3.66. The molecule has 204 valence electrons. The summed E-state index contributed by atoms with van der Waals surface area (Å²) in [7, 11) is 0. The molecule has 0 aliphatic rings. The zero-order chi connectivity index (χ0) is 28.0. The van der Waals surface area contributed by atoms with Gasteiger partial charge in [0, 0.05) is 30.9 Å². The Morgan fingerprint density at radius 2 is 1.79 bits per heavy atom. The molecule has 13 heteroatoms. The molecular weight excluding hydrogens is 519 g/mol. The van der Waals surface area contributed by atoms with Gasteiger partial charge in [-0.15, -0.1) is 0 Å². The van der Waals surface area contributed by atoms with E-state index in [0.29, 0.717) is 23.4 Å². The lowest BCUT2D eigenvalue weighted by molar-refractivity contribution is -0.137. The Labute approximate surface area is 219 Å². The predicted molar refractivity (Wildman–Crippen MR) is 137 cm³/mol. The minimum atomic E-state index is -4.46. The molecule has 6 N–H and O–H groups in total. The predicted octanol–water partition coefficient (Wildman–Crippen LogP) is 4.76. The van der Waals surface area contributed by atoms with Crippen LogP contribution in [0.1, 0.15) is 27.9 Å². The Hall–Kier alpha value is -4.78. The largest absolute Gasteiger partial charge is 0.489 e. The van der Waals surface area contributed by atoms with Gasteiger partial charge in [-0.2, -0.15) is 13.2 Å². The van der Waals surface area contributed by atoms with Crippen molar-refractivity contribution in [2.45, 2.75) is 19.1 Å². The number of carbonyl (C=O) groups is 2. The number of carbonyl (C=O) groups excluding carboxylic acids is 2. The van der Waals surface area contributed by atoms with Crippen LogP contribution < -0.4 is 26.4 Å². The number of aliphatic hydroxyl groups is 1. The van der Waals surface area contributed by atoms with Crippen LogP contribution in [-0.2, 0) is 12.7 Å². The van der Waals surface area contributed by atoms with Gasteiger partial charge in [-0.1, -0.05) is 17.3 Å². The minimum Gasteiger partial charge on any atom is -0.489 e. The van der Waals surface area contributed by atoms with Gasteiger partial charge in [0.2, 0.25) is 5.58 Å². The van der Waals surface area contributed by atoms with Crippen LogP contribution in [-0.4, -0.2) is 35.4 Å². The Morgan fingerprint density at radius 1 is 1.03 bits per heavy atom. The van der Waals surface area contributed by atoms with Crippen LogP contribution in [0, 0.1) is 0 Å². The highest BCUT2D eigenvalue weighted by Gasteiger charge is 2.30. The van der Waals surface area contributed by atoms with Crippen LogP contribution in [0.15, 0.2) is 65.2 Å². The summed E-state index contributed by atoms with van der Waals surface area (Å²) in [6.45, 7) is 0.278. The number of aliphatic hydroxyl groups excluding tert-OH is 1. The molecule has 0 bridgehead atoms. The van der Waals surface area contributed by atoms with Gasteiger partial charge in [-0.05, 0) is 54.1 Å². The summed E-state index contributed by atoms with van der Waals surface area (Å²) in [5.41, 5.74) is 6.81. The highest BCUT2D eigenvalue weighted by molar-refractivity contribution is 6.15. The van der Waals surface area contributed by atoms with E-state index in [1.807, 2.05) is 0 Å². The maximum atomic E-state index is 13.1. The molecule has 0 unspecified atom stereocenters. The van der Waals surface area contributed by atoms with Crippen LogP contribution in [0.3, 0.4) is 0 Å². The maximum Gasteiger partial charge on any atom is 0.416 e. The summed E-state index contributed by atoms with van der Waals surface area (Å²) >= 11 is 0. The number of anilines is 3. The molecular formula is C26H24F3N5O5. The van der Waals surface area contributed by atoms with E-state index in [2.05, 4.69) is 21.1 Å². The van der Waals surface area contributed by atoms with E-state index in [1.165, 1.54) is 6.07 Å². The first-order chi connectivity index (χ1) is 18.7. The number of urea groups is 1. The number of fused-ring (bicyclic) bond motifs is 1. The molecule has 3 aromatic carbocycles. The zero-order valence-corrected chi connectivity index (χ0v) is 20.3. The fourth-order valence-electron chi connectivity index (χ4n) is 3.66. The van der Waals surface area contributed by atoms with Crippen molar-refractivity contribution < 1.29 is 37.1 Å². The van der Waals surface area contributed by atoms with Gasteiger partial charge in [-0.25, -0.2) is 4.79 Å².